The van der Waals surface area contributed by atoms with Gasteiger partial charge in [-0.1, -0.05) is 41.7 Å². The number of carbonyl (C=O) groups is 2. The lowest BCUT2D eigenvalue weighted by Gasteiger charge is -2.05. The van der Waals surface area contributed by atoms with Gasteiger partial charge in [0.25, 0.3) is 5.91 Å². The van der Waals surface area contributed by atoms with E-state index in [0.717, 1.165) is 27.8 Å². The van der Waals surface area contributed by atoms with Crippen LogP contribution in [0.1, 0.15) is 16.9 Å². The number of primary amides is 1. The first-order valence-electron chi connectivity index (χ1n) is 8.24. The van der Waals surface area contributed by atoms with Crippen LogP contribution in [0.4, 0.5) is 20.6 Å². The molecule has 0 bridgehead atoms. The number of amides is 3. The summed E-state index contributed by atoms with van der Waals surface area (Å²) in [6.45, 7) is 0.433. The second-order valence-corrected chi connectivity index (χ2v) is 7.05. The predicted molar refractivity (Wildman–Crippen MR) is 110 cm³/mol. The molecule has 0 unspecified atom stereocenters. The van der Waals surface area contributed by atoms with Crippen LogP contribution in [0.3, 0.4) is 0 Å². The normalized spacial score (nSPS) is 10.6. The number of aromatic nitrogens is 1. The van der Waals surface area contributed by atoms with Gasteiger partial charge in [-0.3, -0.25) is 10.1 Å². The first-order chi connectivity index (χ1) is 13.1. The number of hydrogen-bond donors (Lipinski definition) is 4. The van der Waals surface area contributed by atoms with Crippen LogP contribution in [0.2, 0.25) is 0 Å². The largest absolute Gasteiger partial charge is 0.364 e. The van der Waals surface area contributed by atoms with Gasteiger partial charge in [-0.25, -0.2) is 9.78 Å². The molecule has 9 heteroatoms. The third-order valence-electron chi connectivity index (χ3n) is 3.68. The first kappa shape index (κ1) is 18.9. The number of anilines is 3. The Morgan fingerprint density at radius 2 is 1.93 bits per heavy atom. The summed E-state index contributed by atoms with van der Waals surface area (Å²) in [6.07, 6.45) is 0.648. The number of carbonyl (C=O) groups excluding carboxylic acids is 2. The number of fused-ring (bicyclic) bond motifs is 1. The van der Waals surface area contributed by atoms with E-state index in [1.165, 1.54) is 0 Å². The average molecular weight is 404 g/mol. The summed E-state index contributed by atoms with van der Waals surface area (Å²) in [5, 5.41) is 11.3. The molecule has 0 aliphatic rings. The molecule has 1 aromatic heterocycles. The number of benzene rings is 2. The third kappa shape index (κ3) is 4.87. The highest BCUT2D eigenvalue weighted by atomic mass is 35.5. The van der Waals surface area contributed by atoms with E-state index in [1.807, 2.05) is 42.5 Å². The lowest BCUT2D eigenvalue weighted by Crippen LogP contribution is -2.30. The van der Waals surface area contributed by atoms with Gasteiger partial charge in [0.1, 0.15) is 5.00 Å². The number of halogens is 1. The molecule has 1 heterocycles. The van der Waals surface area contributed by atoms with Crippen molar-refractivity contribution in [3.05, 3.63) is 48.2 Å². The first-order valence-corrected chi connectivity index (χ1v) is 9.59. The number of urea groups is 1. The highest BCUT2D eigenvalue weighted by Crippen LogP contribution is 2.31. The molecule has 0 spiro atoms. The maximum atomic E-state index is 11.9. The Labute approximate surface area is 164 Å². The van der Waals surface area contributed by atoms with E-state index >= 15 is 0 Å². The minimum atomic E-state index is -0.714. The summed E-state index contributed by atoms with van der Waals surface area (Å²) in [5.41, 5.74) is 6.21. The maximum absolute atomic E-state index is 11.9. The topological polar surface area (TPSA) is 109 Å². The molecule has 2 aromatic carbocycles. The van der Waals surface area contributed by atoms with Crippen molar-refractivity contribution in [1.29, 1.82) is 0 Å². The summed E-state index contributed by atoms with van der Waals surface area (Å²) in [5.74, 6) is -0.262. The smallest absolute Gasteiger partial charge is 0.319 e. The number of rotatable bonds is 7. The minimum absolute atomic E-state index is 0.00998. The van der Waals surface area contributed by atoms with E-state index in [0.29, 0.717) is 24.0 Å². The van der Waals surface area contributed by atoms with Crippen LogP contribution in [0.5, 0.6) is 0 Å². The molecular formula is C18H18ClN5O2S. The summed E-state index contributed by atoms with van der Waals surface area (Å²) < 4.78 is 0. The number of nitrogens with zero attached hydrogens (tertiary/aromatic N) is 1. The Morgan fingerprint density at radius 3 is 2.67 bits per heavy atom. The van der Waals surface area contributed by atoms with E-state index in [1.54, 1.807) is 0 Å². The van der Waals surface area contributed by atoms with Crippen molar-refractivity contribution in [3.63, 3.8) is 0 Å². The van der Waals surface area contributed by atoms with Crippen molar-refractivity contribution in [1.82, 2.24) is 10.3 Å². The molecule has 0 saturated carbocycles. The van der Waals surface area contributed by atoms with Gasteiger partial charge in [-0.05, 0) is 29.3 Å². The molecule has 0 atom stereocenters. The fourth-order valence-corrected chi connectivity index (χ4v) is 3.45. The van der Waals surface area contributed by atoms with Crippen molar-refractivity contribution < 1.29 is 9.59 Å². The van der Waals surface area contributed by atoms with Crippen molar-refractivity contribution in [2.75, 3.05) is 23.1 Å². The molecule has 0 aliphatic heterocycles. The molecule has 3 amide bonds. The SMILES string of the molecule is NC(=O)c1nc(Nc2ccc3ccccc3c2)sc1NC(=O)NCCCCl. The number of nitrogens with two attached hydrogens (primary N) is 1. The Kier molecular flexibility index (Phi) is 6.10. The van der Waals surface area contributed by atoms with E-state index in [2.05, 4.69) is 20.9 Å². The van der Waals surface area contributed by atoms with Crippen LogP contribution in [-0.4, -0.2) is 29.3 Å². The third-order valence-corrected chi connectivity index (χ3v) is 4.84. The van der Waals surface area contributed by atoms with Gasteiger partial charge in [0, 0.05) is 18.1 Å². The quantitative estimate of drug-likeness (QED) is 0.354. The molecular weight excluding hydrogens is 386 g/mol. The van der Waals surface area contributed by atoms with Crippen LogP contribution in [0, 0.1) is 0 Å². The van der Waals surface area contributed by atoms with Crippen LogP contribution in [0.25, 0.3) is 10.8 Å². The Hall–Kier alpha value is -2.84. The average Bonchev–Trinajstić information content (AvgIpc) is 3.04. The van der Waals surface area contributed by atoms with Crippen molar-refractivity contribution in [3.8, 4) is 0 Å². The summed E-state index contributed by atoms with van der Waals surface area (Å²) in [7, 11) is 0. The molecule has 140 valence electrons. The molecule has 0 radical (unpaired) electrons. The van der Waals surface area contributed by atoms with Gasteiger partial charge in [-0.2, -0.15) is 0 Å². The zero-order valence-electron chi connectivity index (χ0n) is 14.3. The predicted octanol–water partition coefficient (Wildman–Crippen LogP) is 3.89. The standard InChI is InChI=1S/C18H18ClN5O2S/c19-8-3-9-21-17(26)24-16-14(15(20)25)23-18(27-16)22-13-7-6-11-4-1-2-5-12(11)10-13/h1-2,4-7,10H,3,8-9H2,(H2,20,25)(H,22,23)(H2,21,24,26). The number of thiazole rings is 1. The maximum Gasteiger partial charge on any atom is 0.319 e. The van der Waals surface area contributed by atoms with Gasteiger partial charge in [0.15, 0.2) is 10.8 Å². The van der Waals surface area contributed by atoms with Crippen molar-refractivity contribution in [2.45, 2.75) is 6.42 Å². The van der Waals surface area contributed by atoms with Crippen molar-refractivity contribution >= 4 is 61.5 Å². The fraction of sp³-hybridized carbons (Fsp3) is 0.167. The molecule has 3 aromatic rings. The van der Waals surface area contributed by atoms with Gasteiger partial charge >= 0.3 is 6.03 Å². The molecule has 0 aliphatic carbocycles. The highest BCUT2D eigenvalue weighted by Gasteiger charge is 2.18. The number of nitrogens with one attached hydrogen (secondary N) is 3. The van der Waals surface area contributed by atoms with E-state index in [4.69, 9.17) is 17.3 Å². The summed E-state index contributed by atoms with van der Waals surface area (Å²) in [4.78, 5) is 27.8. The van der Waals surface area contributed by atoms with Crippen LogP contribution in [0.15, 0.2) is 42.5 Å². The zero-order chi connectivity index (χ0) is 19.2. The molecule has 7 nitrogen and oxygen atoms in total. The summed E-state index contributed by atoms with van der Waals surface area (Å²) in [6, 6.07) is 13.4. The Bertz CT molecular complexity index is 975. The van der Waals surface area contributed by atoms with Crippen LogP contribution >= 0.6 is 22.9 Å². The highest BCUT2D eigenvalue weighted by molar-refractivity contribution is 7.20. The lowest BCUT2D eigenvalue weighted by atomic mass is 10.1. The van der Waals surface area contributed by atoms with Gasteiger partial charge in [0.05, 0.1) is 0 Å². The second kappa shape index (κ2) is 8.70. The van der Waals surface area contributed by atoms with Gasteiger partial charge < -0.3 is 16.4 Å². The molecule has 3 rings (SSSR count). The fourth-order valence-electron chi connectivity index (χ4n) is 2.43. The van der Waals surface area contributed by atoms with Crippen LogP contribution < -0.4 is 21.7 Å². The Morgan fingerprint density at radius 1 is 1.15 bits per heavy atom. The Balaban J connectivity index is 1.77. The van der Waals surface area contributed by atoms with Gasteiger partial charge in [-0.15, -0.1) is 11.6 Å². The van der Waals surface area contributed by atoms with E-state index in [9.17, 15) is 9.59 Å². The lowest BCUT2D eigenvalue weighted by molar-refractivity contribution is 0.0997. The second-order valence-electron chi connectivity index (χ2n) is 5.67. The molecule has 0 saturated heterocycles. The van der Waals surface area contributed by atoms with Crippen LogP contribution in [-0.2, 0) is 0 Å². The number of hydrogen-bond acceptors (Lipinski definition) is 5. The molecule has 5 N–H and O–H groups in total. The van der Waals surface area contributed by atoms with Gasteiger partial charge in [0.2, 0.25) is 0 Å². The van der Waals surface area contributed by atoms with Crippen molar-refractivity contribution in [2.24, 2.45) is 5.73 Å². The molecule has 27 heavy (non-hydrogen) atoms. The number of alkyl halides is 1. The van der Waals surface area contributed by atoms with E-state index in [-0.39, 0.29) is 10.7 Å². The molecule has 0 fully saturated rings. The van der Waals surface area contributed by atoms with E-state index < -0.39 is 11.9 Å². The summed E-state index contributed by atoms with van der Waals surface area (Å²) >= 11 is 6.71. The monoisotopic (exact) mass is 403 g/mol. The minimum Gasteiger partial charge on any atom is -0.364 e. The zero-order valence-corrected chi connectivity index (χ0v) is 15.9.